The predicted octanol–water partition coefficient (Wildman–Crippen LogP) is 0.143. The highest BCUT2D eigenvalue weighted by atomic mass is 19.3. The Labute approximate surface area is 110 Å². The molecule has 0 aromatic carbocycles. The topological polar surface area (TPSA) is 76.9 Å². The molecule has 0 spiro atoms. The van der Waals surface area contributed by atoms with Gasteiger partial charge in [0.2, 0.25) is 0 Å². The number of nitrogens with zero attached hydrogens (tertiary/aromatic N) is 2. The smallest absolute Gasteiger partial charge is 0.273 e. The van der Waals surface area contributed by atoms with Crippen LogP contribution in [0.4, 0.5) is 8.78 Å². The Bertz CT molecular complexity index is 874. The Hall–Kier alpha value is -2.25. The number of rotatable bonds is 2. The molecule has 1 fully saturated rings. The lowest BCUT2D eigenvalue weighted by Gasteiger charge is -2.18. The second-order valence-electron chi connectivity index (χ2n) is 5.02. The summed E-state index contributed by atoms with van der Waals surface area (Å²) in [6, 6.07) is 0.954. The molecule has 6 nitrogen and oxygen atoms in total. The van der Waals surface area contributed by atoms with Crippen molar-refractivity contribution in [1.82, 2.24) is 14.3 Å². The largest absolute Gasteiger partial charge is 0.303 e. The predicted molar refractivity (Wildman–Crippen MR) is 67.3 cm³/mol. The standard InChI is InChI=1S/C12H11F2N3O3/c1-16-10(20)6-4-8(18)17(5-7(6)9(19)15-16)12(2-3-12)11(13)14/h4-5,11H,2-3H2,1H3,(H,15,19). The summed E-state index contributed by atoms with van der Waals surface area (Å²) in [7, 11) is 1.34. The molecule has 1 N–H and O–H groups in total. The summed E-state index contributed by atoms with van der Waals surface area (Å²) in [5, 5.41) is 2.15. The molecule has 8 heteroatoms. The van der Waals surface area contributed by atoms with Crippen LogP contribution in [0.1, 0.15) is 12.8 Å². The third kappa shape index (κ3) is 1.57. The molecule has 0 saturated heterocycles. The molecular formula is C12H11F2N3O3. The molecule has 0 bridgehead atoms. The first-order chi connectivity index (χ1) is 9.36. The number of H-pyrrole nitrogens is 1. The minimum atomic E-state index is -2.69. The van der Waals surface area contributed by atoms with E-state index in [-0.39, 0.29) is 23.6 Å². The van der Waals surface area contributed by atoms with Crippen molar-refractivity contribution in [3.8, 4) is 0 Å². The summed E-state index contributed by atoms with van der Waals surface area (Å²) in [5.41, 5.74) is -3.37. The van der Waals surface area contributed by atoms with Gasteiger partial charge in [-0.3, -0.25) is 24.2 Å². The molecule has 1 aliphatic carbocycles. The van der Waals surface area contributed by atoms with Crippen LogP contribution in [-0.2, 0) is 12.6 Å². The number of aromatic nitrogens is 3. The molecule has 0 amide bonds. The van der Waals surface area contributed by atoms with E-state index >= 15 is 0 Å². The average Bonchev–Trinajstić information content (AvgIpc) is 3.17. The number of nitrogens with one attached hydrogen (secondary N) is 1. The Morgan fingerprint density at radius 1 is 1.25 bits per heavy atom. The van der Waals surface area contributed by atoms with E-state index in [1.54, 1.807) is 0 Å². The number of aryl methyl sites for hydroxylation is 1. The van der Waals surface area contributed by atoms with Crippen LogP contribution in [0.25, 0.3) is 10.8 Å². The number of halogens is 2. The number of pyridine rings is 1. The third-order valence-electron chi connectivity index (χ3n) is 3.75. The van der Waals surface area contributed by atoms with Gasteiger partial charge in [0.25, 0.3) is 23.1 Å². The minimum absolute atomic E-state index is 0.0559. The summed E-state index contributed by atoms with van der Waals surface area (Å²) in [6.07, 6.45) is -1.27. The van der Waals surface area contributed by atoms with Crippen LogP contribution >= 0.6 is 0 Å². The van der Waals surface area contributed by atoms with E-state index in [1.165, 1.54) is 7.05 Å². The van der Waals surface area contributed by atoms with Crippen molar-refractivity contribution in [2.24, 2.45) is 7.05 Å². The van der Waals surface area contributed by atoms with Crippen molar-refractivity contribution < 1.29 is 8.78 Å². The zero-order valence-electron chi connectivity index (χ0n) is 10.5. The van der Waals surface area contributed by atoms with Gasteiger partial charge < -0.3 is 4.57 Å². The van der Waals surface area contributed by atoms with Gasteiger partial charge in [-0.2, -0.15) is 0 Å². The molecule has 1 saturated carbocycles. The molecule has 106 valence electrons. The zero-order valence-corrected chi connectivity index (χ0v) is 10.5. The SMILES string of the molecule is Cn1[nH]c(=O)c2cn(C3(C(F)F)CC3)c(=O)cc2c1=O. The molecule has 3 rings (SSSR count). The molecule has 1 aliphatic rings. The van der Waals surface area contributed by atoms with Gasteiger partial charge in [-0.25, -0.2) is 8.78 Å². The van der Waals surface area contributed by atoms with E-state index in [0.29, 0.717) is 0 Å². The lowest BCUT2D eigenvalue weighted by atomic mass is 10.2. The Morgan fingerprint density at radius 2 is 1.90 bits per heavy atom. The third-order valence-corrected chi connectivity index (χ3v) is 3.75. The van der Waals surface area contributed by atoms with Crippen molar-refractivity contribution >= 4 is 10.8 Å². The van der Waals surface area contributed by atoms with E-state index in [1.807, 2.05) is 0 Å². The molecule has 2 aromatic rings. The molecule has 2 heterocycles. The molecule has 0 radical (unpaired) electrons. The average molecular weight is 283 g/mol. The lowest BCUT2D eigenvalue weighted by molar-refractivity contribution is 0.0654. The van der Waals surface area contributed by atoms with E-state index in [2.05, 4.69) is 5.10 Å². The Balaban J connectivity index is 2.40. The van der Waals surface area contributed by atoms with Crippen molar-refractivity contribution in [2.45, 2.75) is 24.8 Å². The van der Waals surface area contributed by atoms with Crippen LogP contribution in [0.3, 0.4) is 0 Å². The van der Waals surface area contributed by atoms with Crippen LogP contribution < -0.4 is 16.7 Å². The van der Waals surface area contributed by atoms with Crippen LogP contribution in [0.15, 0.2) is 26.6 Å². The summed E-state index contributed by atoms with van der Waals surface area (Å²) in [4.78, 5) is 35.6. The monoisotopic (exact) mass is 283 g/mol. The fraction of sp³-hybridized carbons (Fsp3) is 0.417. The number of alkyl halides is 2. The summed E-state index contributed by atoms with van der Waals surface area (Å²) < 4.78 is 28.0. The van der Waals surface area contributed by atoms with E-state index in [9.17, 15) is 23.2 Å². The number of hydrogen-bond acceptors (Lipinski definition) is 3. The van der Waals surface area contributed by atoms with E-state index < -0.39 is 28.6 Å². The Morgan fingerprint density at radius 3 is 2.45 bits per heavy atom. The number of hydrogen-bond donors (Lipinski definition) is 1. The molecule has 0 unspecified atom stereocenters. The maximum Gasteiger partial charge on any atom is 0.273 e. The molecule has 0 atom stereocenters. The van der Waals surface area contributed by atoms with Gasteiger partial charge in [0.15, 0.2) is 0 Å². The zero-order chi connectivity index (χ0) is 14.7. The molecule has 20 heavy (non-hydrogen) atoms. The number of aromatic amines is 1. The molecule has 2 aromatic heterocycles. The fourth-order valence-electron chi connectivity index (χ4n) is 2.38. The highest BCUT2D eigenvalue weighted by molar-refractivity contribution is 5.79. The highest BCUT2D eigenvalue weighted by Crippen LogP contribution is 2.47. The fourth-order valence-corrected chi connectivity index (χ4v) is 2.38. The Kier molecular flexibility index (Phi) is 2.47. The minimum Gasteiger partial charge on any atom is -0.303 e. The first-order valence-corrected chi connectivity index (χ1v) is 6.01. The number of fused-ring (bicyclic) bond motifs is 1. The van der Waals surface area contributed by atoms with Gasteiger partial charge in [-0.1, -0.05) is 0 Å². The lowest BCUT2D eigenvalue weighted by Crippen LogP contribution is -2.37. The molecular weight excluding hydrogens is 272 g/mol. The van der Waals surface area contributed by atoms with Gasteiger partial charge in [0.05, 0.1) is 10.8 Å². The van der Waals surface area contributed by atoms with E-state index in [4.69, 9.17) is 0 Å². The van der Waals surface area contributed by atoms with Crippen LogP contribution in [0.5, 0.6) is 0 Å². The summed E-state index contributed by atoms with van der Waals surface area (Å²) >= 11 is 0. The molecule has 0 aliphatic heterocycles. The second kappa shape index (κ2) is 3.87. The van der Waals surface area contributed by atoms with Crippen molar-refractivity contribution in [2.75, 3.05) is 0 Å². The van der Waals surface area contributed by atoms with E-state index in [0.717, 1.165) is 21.5 Å². The van der Waals surface area contributed by atoms with Crippen molar-refractivity contribution in [3.63, 3.8) is 0 Å². The normalized spacial score (nSPS) is 16.8. The second-order valence-corrected chi connectivity index (χ2v) is 5.02. The van der Waals surface area contributed by atoms with Gasteiger partial charge in [-0.05, 0) is 12.8 Å². The maximum absolute atomic E-state index is 13.1. The van der Waals surface area contributed by atoms with Gasteiger partial charge in [-0.15, -0.1) is 0 Å². The highest BCUT2D eigenvalue weighted by Gasteiger charge is 2.53. The van der Waals surface area contributed by atoms with Gasteiger partial charge in [0, 0.05) is 19.3 Å². The van der Waals surface area contributed by atoms with Crippen molar-refractivity contribution in [1.29, 1.82) is 0 Å². The van der Waals surface area contributed by atoms with Crippen LogP contribution in [0.2, 0.25) is 0 Å². The quantitative estimate of drug-likeness (QED) is 0.852. The summed E-state index contributed by atoms with van der Waals surface area (Å²) in [6.45, 7) is 0. The van der Waals surface area contributed by atoms with Crippen molar-refractivity contribution in [3.05, 3.63) is 43.3 Å². The van der Waals surface area contributed by atoms with Crippen LogP contribution in [-0.4, -0.2) is 20.8 Å². The summed E-state index contributed by atoms with van der Waals surface area (Å²) in [5.74, 6) is 0. The first kappa shape index (κ1) is 12.8. The maximum atomic E-state index is 13.1. The van der Waals surface area contributed by atoms with Crippen LogP contribution in [0, 0.1) is 0 Å². The van der Waals surface area contributed by atoms with Gasteiger partial charge in [0.1, 0.15) is 5.54 Å². The first-order valence-electron chi connectivity index (χ1n) is 6.01. The van der Waals surface area contributed by atoms with Gasteiger partial charge >= 0.3 is 0 Å².